The summed E-state index contributed by atoms with van der Waals surface area (Å²) in [4.78, 5) is 24.3. The molecule has 0 bridgehead atoms. The molecular weight excluding hydrogens is 647 g/mol. The minimum atomic E-state index is -0.874. The van der Waals surface area contributed by atoms with Gasteiger partial charge in [0.1, 0.15) is 0 Å². The molecule has 0 rings (SSSR count). The summed E-state index contributed by atoms with van der Waals surface area (Å²) in [6.07, 6.45) is 48.5. The Kier molecular flexibility index (Phi) is 40.3. The molecule has 3 N–H and O–H groups in total. The van der Waals surface area contributed by atoms with E-state index >= 15 is 0 Å². The van der Waals surface area contributed by atoms with Crippen molar-refractivity contribution < 1.29 is 24.5 Å². The molecule has 6 heteroatoms. The maximum Gasteiger partial charge on any atom is 0.305 e. The first-order chi connectivity index (χ1) is 25.5. The van der Waals surface area contributed by atoms with Crippen molar-refractivity contribution in [3.63, 3.8) is 0 Å². The lowest BCUT2D eigenvalue weighted by Crippen LogP contribution is -2.45. The zero-order chi connectivity index (χ0) is 38.0. The highest BCUT2D eigenvalue weighted by Gasteiger charge is 2.17. The molecule has 0 saturated heterocycles. The maximum absolute atomic E-state index is 12.3. The number of hydrogen-bond acceptors (Lipinski definition) is 5. The third-order valence-corrected chi connectivity index (χ3v) is 9.88. The molecular formula is C46H85NO5. The van der Waals surface area contributed by atoms with Crippen molar-refractivity contribution in [2.75, 3.05) is 13.2 Å². The average Bonchev–Trinajstić information content (AvgIpc) is 3.14. The maximum atomic E-state index is 12.3. The van der Waals surface area contributed by atoms with Crippen LogP contribution in [0.5, 0.6) is 0 Å². The Hall–Kier alpha value is -1.92. The Morgan fingerprint density at radius 3 is 1.40 bits per heavy atom. The summed E-state index contributed by atoms with van der Waals surface area (Å²) < 4.78 is 5.42. The summed E-state index contributed by atoms with van der Waals surface area (Å²) in [5.74, 6) is -0.180. The first kappa shape index (κ1) is 50.1. The van der Waals surface area contributed by atoms with Gasteiger partial charge in [0.15, 0.2) is 0 Å². The number of aliphatic hydroxyl groups excluding tert-OH is 2. The molecule has 1 amide bonds. The largest absolute Gasteiger partial charge is 0.466 e. The molecule has 304 valence electrons. The van der Waals surface area contributed by atoms with Crippen LogP contribution in [0.1, 0.15) is 219 Å². The molecule has 0 saturated carbocycles. The van der Waals surface area contributed by atoms with Crippen LogP contribution in [-0.2, 0) is 14.3 Å². The van der Waals surface area contributed by atoms with E-state index in [9.17, 15) is 19.8 Å². The van der Waals surface area contributed by atoms with Crippen molar-refractivity contribution in [2.45, 2.75) is 231 Å². The normalized spacial score (nSPS) is 13.1. The van der Waals surface area contributed by atoms with Gasteiger partial charge in [-0.05, 0) is 77.0 Å². The van der Waals surface area contributed by atoms with Gasteiger partial charge in [0, 0.05) is 12.8 Å². The quantitative estimate of drug-likeness (QED) is 0.0331. The second-order valence-electron chi connectivity index (χ2n) is 15.0. The number of amides is 1. The van der Waals surface area contributed by atoms with Crippen LogP contribution in [0.2, 0.25) is 0 Å². The number of nitrogens with one attached hydrogen (secondary N) is 1. The SMILES string of the molecule is CCCCCCCC/C=C\CCCCCCCC(=O)OCCCCCC/C=C\CCCC(=O)NC(CO)C(O)/C=C/CCCCCCCCCCC. The third-order valence-electron chi connectivity index (χ3n) is 9.88. The minimum Gasteiger partial charge on any atom is -0.466 e. The van der Waals surface area contributed by atoms with Crippen LogP contribution in [-0.4, -0.2) is 47.4 Å². The zero-order valence-corrected chi connectivity index (χ0v) is 34.3. The smallest absolute Gasteiger partial charge is 0.305 e. The standard InChI is InChI=1S/C46H85NO5/c1-3-5-7-9-11-13-15-16-17-18-20-24-28-32-36-40-46(51)52-41-37-33-29-25-21-23-27-31-35-39-45(50)47-43(42-48)44(49)38-34-30-26-22-19-14-12-10-8-6-4-2/h16-17,23,27,34,38,43-44,48-49H,3-15,18-22,24-26,28-33,35-37,39-42H2,1-2H3,(H,47,50)/b17-16-,27-23-,38-34+. The van der Waals surface area contributed by atoms with Crippen molar-refractivity contribution in [3.05, 3.63) is 36.5 Å². The van der Waals surface area contributed by atoms with Crippen LogP contribution in [0.3, 0.4) is 0 Å². The van der Waals surface area contributed by atoms with Gasteiger partial charge in [-0.3, -0.25) is 9.59 Å². The summed E-state index contributed by atoms with van der Waals surface area (Å²) >= 11 is 0. The van der Waals surface area contributed by atoms with Crippen LogP contribution >= 0.6 is 0 Å². The highest BCUT2D eigenvalue weighted by atomic mass is 16.5. The summed E-state index contributed by atoms with van der Waals surface area (Å²) in [5, 5.41) is 22.8. The summed E-state index contributed by atoms with van der Waals surface area (Å²) in [6, 6.07) is -0.664. The number of hydrogen-bond donors (Lipinski definition) is 3. The Balaban J connectivity index is 3.59. The molecule has 0 aliphatic carbocycles. The molecule has 0 spiro atoms. The molecule has 0 aromatic rings. The molecule has 2 atom stereocenters. The van der Waals surface area contributed by atoms with Crippen LogP contribution in [0.25, 0.3) is 0 Å². The van der Waals surface area contributed by atoms with Gasteiger partial charge in [-0.1, -0.05) is 166 Å². The molecule has 0 fully saturated rings. The molecule has 0 aromatic carbocycles. The highest BCUT2D eigenvalue weighted by molar-refractivity contribution is 5.76. The van der Waals surface area contributed by atoms with E-state index in [4.69, 9.17) is 4.74 Å². The number of ether oxygens (including phenoxy) is 1. The lowest BCUT2D eigenvalue weighted by molar-refractivity contribution is -0.143. The van der Waals surface area contributed by atoms with E-state index in [0.717, 1.165) is 70.6 Å². The van der Waals surface area contributed by atoms with Crippen LogP contribution < -0.4 is 5.32 Å². The summed E-state index contributed by atoms with van der Waals surface area (Å²) in [5.41, 5.74) is 0. The van der Waals surface area contributed by atoms with Gasteiger partial charge < -0.3 is 20.3 Å². The van der Waals surface area contributed by atoms with E-state index in [2.05, 4.69) is 43.5 Å². The van der Waals surface area contributed by atoms with Gasteiger partial charge in [0.2, 0.25) is 5.91 Å². The van der Waals surface area contributed by atoms with Crippen LogP contribution in [0.4, 0.5) is 0 Å². The van der Waals surface area contributed by atoms with Crippen molar-refractivity contribution in [2.24, 2.45) is 0 Å². The van der Waals surface area contributed by atoms with E-state index in [0.29, 0.717) is 19.4 Å². The second kappa shape index (κ2) is 41.8. The van der Waals surface area contributed by atoms with Gasteiger partial charge >= 0.3 is 5.97 Å². The number of carbonyl (C=O) groups excluding carboxylic acids is 2. The van der Waals surface area contributed by atoms with Gasteiger partial charge in [-0.15, -0.1) is 0 Å². The van der Waals surface area contributed by atoms with E-state index in [1.165, 1.54) is 122 Å². The fourth-order valence-electron chi connectivity index (χ4n) is 6.39. The molecule has 0 aliphatic heterocycles. The monoisotopic (exact) mass is 732 g/mol. The molecule has 0 radical (unpaired) electrons. The van der Waals surface area contributed by atoms with Crippen molar-refractivity contribution in [3.8, 4) is 0 Å². The van der Waals surface area contributed by atoms with Crippen LogP contribution in [0, 0.1) is 0 Å². The first-order valence-electron chi connectivity index (χ1n) is 22.3. The molecule has 0 aliphatic rings. The topological polar surface area (TPSA) is 95.9 Å². The second-order valence-corrected chi connectivity index (χ2v) is 15.0. The van der Waals surface area contributed by atoms with Gasteiger partial charge in [0.25, 0.3) is 0 Å². The average molecular weight is 732 g/mol. The van der Waals surface area contributed by atoms with E-state index in [-0.39, 0.29) is 18.5 Å². The molecule has 0 heterocycles. The van der Waals surface area contributed by atoms with Crippen molar-refractivity contribution in [1.82, 2.24) is 5.32 Å². The van der Waals surface area contributed by atoms with Gasteiger partial charge in [-0.25, -0.2) is 0 Å². The molecule has 52 heavy (non-hydrogen) atoms. The van der Waals surface area contributed by atoms with Crippen molar-refractivity contribution in [1.29, 1.82) is 0 Å². The Labute approximate surface area is 322 Å². The van der Waals surface area contributed by atoms with E-state index in [1.54, 1.807) is 6.08 Å². The van der Waals surface area contributed by atoms with Crippen LogP contribution in [0.15, 0.2) is 36.5 Å². The lowest BCUT2D eigenvalue weighted by atomic mass is 10.1. The molecule has 2 unspecified atom stereocenters. The number of rotatable bonds is 40. The summed E-state index contributed by atoms with van der Waals surface area (Å²) in [7, 11) is 0. The molecule has 6 nitrogen and oxygen atoms in total. The number of allylic oxidation sites excluding steroid dienone is 5. The highest BCUT2D eigenvalue weighted by Crippen LogP contribution is 2.13. The predicted molar refractivity (Wildman–Crippen MR) is 222 cm³/mol. The van der Waals surface area contributed by atoms with E-state index < -0.39 is 12.1 Å². The fourth-order valence-corrected chi connectivity index (χ4v) is 6.39. The Bertz CT molecular complexity index is 854. The zero-order valence-electron chi connectivity index (χ0n) is 34.3. The Morgan fingerprint density at radius 1 is 0.519 bits per heavy atom. The van der Waals surface area contributed by atoms with Crippen molar-refractivity contribution >= 4 is 11.9 Å². The Morgan fingerprint density at radius 2 is 0.923 bits per heavy atom. The minimum absolute atomic E-state index is 0.0475. The fraction of sp³-hybridized carbons (Fsp3) is 0.826. The van der Waals surface area contributed by atoms with Gasteiger partial charge in [0.05, 0.1) is 25.4 Å². The number of esters is 1. The number of unbranched alkanes of at least 4 members (excludes halogenated alkanes) is 25. The lowest BCUT2D eigenvalue weighted by Gasteiger charge is -2.19. The van der Waals surface area contributed by atoms with E-state index in [1.807, 2.05) is 6.08 Å². The first-order valence-corrected chi connectivity index (χ1v) is 22.3. The third kappa shape index (κ3) is 37.8. The summed E-state index contributed by atoms with van der Waals surface area (Å²) in [6.45, 7) is 4.76. The van der Waals surface area contributed by atoms with Gasteiger partial charge in [-0.2, -0.15) is 0 Å². The number of aliphatic hydroxyl groups is 2. The molecule has 0 aromatic heterocycles. The predicted octanol–water partition coefficient (Wildman–Crippen LogP) is 12.6. The number of carbonyl (C=O) groups is 2.